The second kappa shape index (κ2) is 6.35. The lowest BCUT2D eigenvalue weighted by Gasteiger charge is -2.27. The number of amides is 1. The summed E-state index contributed by atoms with van der Waals surface area (Å²) in [5.41, 5.74) is 1.37. The van der Waals surface area contributed by atoms with Crippen LogP contribution in [0.1, 0.15) is 35.3 Å². The highest BCUT2D eigenvalue weighted by molar-refractivity contribution is 5.94. The Bertz CT molecular complexity index is 679. The fraction of sp³-hybridized carbons (Fsp3) is 0.312. The number of pyridine rings is 2. The SMILES string of the molecule is CC[C@H](c1cccnc1)N(C)C(=O)c1ccc(=O)n(C)c1. The lowest BCUT2D eigenvalue weighted by Crippen LogP contribution is -2.32. The number of aromatic nitrogens is 2. The van der Waals surface area contributed by atoms with E-state index in [1.807, 2.05) is 19.1 Å². The fourth-order valence-electron chi connectivity index (χ4n) is 2.37. The van der Waals surface area contributed by atoms with Gasteiger partial charge in [-0.3, -0.25) is 14.6 Å². The molecule has 110 valence electrons. The van der Waals surface area contributed by atoms with Crippen molar-refractivity contribution in [3.63, 3.8) is 0 Å². The van der Waals surface area contributed by atoms with Gasteiger partial charge in [0.25, 0.3) is 5.91 Å². The van der Waals surface area contributed by atoms with Crippen LogP contribution in [-0.2, 0) is 7.05 Å². The Morgan fingerprint density at radius 1 is 1.38 bits per heavy atom. The maximum Gasteiger partial charge on any atom is 0.255 e. The van der Waals surface area contributed by atoms with Crippen molar-refractivity contribution in [3.05, 3.63) is 64.3 Å². The first-order valence-electron chi connectivity index (χ1n) is 6.88. The number of rotatable bonds is 4. The highest BCUT2D eigenvalue weighted by atomic mass is 16.2. The second-order valence-corrected chi connectivity index (χ2v) is 4.99. The summed E-state index contributed by atoms with van der Waals surface area (Å²) in [6, 6.07) is 6.76. The Kier molecular flexibility index (Phi) is 4.52. The summed E-state index contributed by atoms with van der Waals surface area (Å²) >= 11 is 0. The molecule has 5 nitrogen and oxygen atoms in total. The molecule has 0 bridgehead atoms. The van der Waals surface area contributed by atoms with Gasteiger partial charge in [0.2, 0.25) is 5.56 Å². The van der Waals surface area contributed by atoms with Gasteiger partial charge in [0.1, 0.15) is 0 Å². The minimum absolute atomic E-state index is 0.0385. The molecule has 2 aromatic heterocycles. The Labute approximate surface area is 123 Å². The van der Waals surface area contributed by atoms with E-state index in [0.29, 0.717) is 5.56 Å². The first-order valence-corrected chi connectivity index (χ1v) is 6.88. The van der Waals surface area contributed by atoms with Gasteiger partial charge in [0.15, 0.2) is 0 Å². The molecule has 0 radical (unpaired) electrons. The van der Waals surface area contributed by atoms with Gasteiger partial charge in [0.05, 0.1) is 11.6 Å². The van der Waals surface area contributed by atoms with E-state index in [0.717, 1.165) is 12.0 Å². The first kappa shape index (κ1) is 15.0. The molecule has 0 unspecified atom stereocenters. The predicted octanol–water partition coefficient (Wildman–Crippen LogP) is 2.00. The normalized spacial score (nSPS) is 12.0. The average Bonchev–Trinajstić information content (AvgIpc) is 2.51. The first-order chi connectivity index (χ1) is 10.0. The van der Waals surface area contributed by atoms with Crippen molar-refractivity contribution < 1.29 is 4.79 Å². The number of aryl methyl sites for hydroxylation is 1. The lowest BCUT2D eigenvalue weighted by molar-refractivity contribution is 0.0725. The van der Waals surface area contributed by atoms with Crippen molar-refractivity contribution in [2.24, 2.45) is 7.05 Å². The number of hydrogen-bond acceptors (Lipinski definition) is 3. The van der Waals surface area contributed by atoms with Crippen molar-refractivity contribution in [1.29, 1.82) is 0 Å². The minimum Gasteiger partial charge on any atom is -0.335 e. The Morgan fingerprint density at radius 3 is 2.71 bits per heavy atom. The summed E-state index contributed by atoms with van der Waals surface area (Å²) in [4.78, 5) is 29.8. The minimum atomic E-state index is -0.131. The van der Waals surface area contributed by atoms with E-state index in [1.165, 1.54) is 10.6 Å². The zero-order valence-corrected chi connectivity index (χ0v) is 12.5. The Hall–Kier alpha value is -2.43. The highest BCUT2D eigenvalue weighted by Crippen LogP contribution is 2.23. The molecule has 0 N–H and O–H groups in total. The summed E-state index contributed by atoms with van der Waals surface area (Å²) in [6.07, 6.45) is 5.85. The number of carbonyl (C=O) groups is 1. The van der Waals surface area contributed by atoms with Crippen molar-refractivity contribution in [3.8, 4) is 0 Å². The summed E-state index contributed by atoms with van der Waals surface area (Å²) in [5, 5.41) is 0. The molecule has 0 aromatic carbocycles. The third kappa shape index (κ3) is 3.18. The lowest BCUT2D eigenvalue weighted by atomic mass is 10.0. The van der Waals surface area contributed by atoms with E-state index in [2.05, 4.69) is 4.98 Å². The molecular weight excluding hydrogens is 266 g/mol. The molecule has 0 aliphatic rings. The van der Waals surface area contributed by atoms with Gasteiger partial charge >= 0.3 is 0 Å². The number of nitrogens with zero attached hydrogens (tertiary/aromatic N) is 3. The monoisotopic (exact) mass is 285 g/mol. The van der Waals surface area contributed by atoms with E-state index in [9.17, 15) is 9.59 Å². The van der Waals surface area contributed by atoms with Crippen molar-refractivity contribution in [2.45, 2.75) is 19.4 Å². The molecule has 0 aliphatic heterocycles. The molecule has 0 fully saturated rings. The van der Waals surface area contributed by atoms with Crippen LogP contribution in [0.3, 0.4) is 0 Å². The van der Waals surface area contributed by atoms with E-state index in [1.54, 1.807) is 43.7 Å². The topological polar surface area (TPSA) is 55.2 Å². The quantitative estimate of drug-likeness (QED) is 0.863. The van der Waals surface area contributed by atoms with Gasteiger partial charge in [-0.05, 0) is 24.1 Å². The summed E-state index contributed by atoms with van der Waals surface area (Å²) in [7, 11) is 3.41. The summed E-state index contributed by atoms with van der Waals surface area (Å²) in [6.45, 7) is 2.03. The van der Waals surface area contributed by atoms with Crippen LogP contribution >= 0.6 is 0 Å². The van der Waals surface area contributed by atoms with Crippen molar-refractivity contribution in [1.82, 2.24) is 14.5 Å². The van der Waals surface area contributed by atoms with Crippen LogP contribution in [0, 0.1) is 0 Å². The standard InChI is InChI=1S/C16H19N3O2/c1-4-14(12-6-5-9-17-10-12)19(3)16(21)13-7-8-15(20)18(2)11-13/h5-11,14H,4H2,1-3H3/t14-/m1/s1. The zero-order valence-electron chi connectivity index (χ0n) is 12.5. The summed E-state index contributed by atoms with van der Waals surface area (Å²) < 4.78 is 1.41. The largest absolute Gasteiger partial charge is 0.335 e. The van der Waals surface area contributed by atoms with E-state index < -0.39 is 0 Å². The van der Waals surface area contributed by atoms with Crippen LogP contribution in [0.4, 0.5) is 0 Å². The van der Waals surface area contributed by atoms with Crippen molar-refractivity contribution in [2.75, 3.05) is 7.05 Å². The smallest absolute Gasteiger partial charge is 0.255 e. The van der Waals surface area contributed by atoms with E-state index in [-0.39, 0.29) is 17.5 Å². The number of hydrogen-bond donors (Lipinski definition) is 0. The highest BCUT2D eigenvalue weighted by Gasteiger charge is 2.21. The maximum absolute atomic E-state index is 12.6. The molecule has 2 heterocycles. The molecule has 5 heteroatoms. The van der Waals surface area contributed by atoms with E-state index in [4.69, 9.17) is 0 Å². The number of carbonyl (C=O) groups excluding carboxylic acids is 1. The van der Waals surface area contributed by atoms with Gasteiger partial charge in [0, 0.05) is 38.8 Å². The third-order valence-electron chi connectivity index (χ3n) is 3.58. The molecule has 1 amide bonds. The van der Waals surface area contributed by atoms with Crippen LogP contribution in [0.25, 0.3) is 0 Å². The molecular formula is C16H19N3O2. The Balaban J connectivity index is 2.28. The van der Waals surface area contributed by atoms with Crippen LogP contribution < -0.4 is 5.56 Å². The fourth-order valence-corrected chi connectivity index (χ4v) is 2.37. The third-order valence-corrected chi connectivity index (χ3v) is 3.58. The van der Waals surface area contributed by atoms with Gasteiger partial charge in [-0.25, -0.2) is 0 Å². The van der Waals surface area contributed by atoms with Crippen LogP contribution in [0.2, 0.25) is 0 Å². The zero-order chi connectivity index (χ0) is 15.4. The van der Waals surface area contributed by atoms with Gasteiger partial charge < -0.3 is 9.47 Å². The second-order valence-electron chi connectivity index (χ2n) is 4.99. The average molecular weight is 285 g/mol. The molecule has 2 aromatic rings. The molecule has 0 saturated carbocycles. The molecule has 0 saturated heterocycles. The molecule has 0 spiro atoms. The van der Waals surface area contributed by atoms with Crippen LogP contribution in [0.15, 0.2) is 47.7 Å². The molecule has 2 rings (SSSR count). The van der Waals surface area contributed by atoms with Gasteiger partial charge in [-0.15, -0.1) is 0 Å². The maximum atomic E-state index is 12.6. The van der Waals surface area contributed by atoms with Gasteiger partial charge in [-0.1, -0.05) is 13.0 Å². The van der Waals surface area contributed by atoms with E-state index >= 15 is 0 Å². The predicted molar refractivity (Wildman–Crippen MR) is 81.0 cm³/mol. The summed E-state index contributed by atoms with van der Waals surface area (Å²) in [5.74, 6) is -0.110. The Morgan fingerprint density at radius 2 is 2.14 bits per heavy atom. The van der Waals surface area contributed by atoms with Crippen molar-refractivity contribution >= 4 is 5.91 Å². The van der Waals surface area contributed by atoms with Crippen LogP contribution in [0.5, 0.6) is 0 Å². The molecule has 21 heavy (non-hydrogen) atoms. The molecule has 1 atom stereocenters. The van der Waals surface area contributed by atoms with Crippen LogP contribution in [-0.4, -0.2) is 27.4 Å². The molecule has 0 aliphatic carbocycles. The van der Waals surface area contributed by atoms with Gasteiger partial charge in [-0.2, -0.15) is 0 Å².